The Morgan fingerprint density at radius 3 is 2.81 bits per heavy atom. The van der Waals surface area contributed by atoms with E-state index in [1.165, 1.54) is 12.1 Å². The van der Waals surface area contributed by atoms with Crippen LogP contribution in [0.3, 0.4) is 0 Å². The third-order valence-corrected chi connectivity index (χ3v) is 3.72. The number of halogens is 2. The van der Waals surface area contributed by atoms with Gasteiger partial charge in [-0.25, -0.2) is 4.39 Å². The van der Waals surface area contributed by atoms with E-state index in [-0.39, 0.29) is 5.82 Å². The molecular weight excluding hydrogens is 291 g/mol. The molecular formula is C11H10BrFN2S. The summed E-state index contributed by atoms with van der Waals surface area (Å²) in [4.78, 5) is 1.16. The number of benzene rings is 1. The molecule has 0 aliphatic carbocycles. The average Bonchev–Trinajstić information content (AvgIpc) is 2.66. The van der Waals surface area contributed by atoms with Crippen molar-refractivity contribution >= 4 is 38.6 Å². The van der Waals surface area contributed by atoms with E-state index in [4.69, 9.17) is 5.73 Å². The fourth-order valence-corrected chi connectivity index (χ4v) is 2.73. The minimum Gasteiger partial charge on any atom is -0.397 e. The Labute approximate surface area is 105 Å². The number of hydrogen-bond donors (Lipinski definition) is 2. The van der Waals surface area contributed by atoms with Crippen LogP contribution in [-0.2, 0) is 6.54 Å². The Morgan fingerprint density at radius 2 is 2.12 bits per heavy atom. The lowest BCUT2D eigenvalue weighted by atomic mass is 10.2. The number of rotatable bonds is 3. The smallest absolute Gasteiger partial charge is 0.125 e. The van der Waals surface area contributed by atoms with Gasteiger partial charge in [0.25, 0.3) is 0 Å². The summed E-state index contributed by atoms with van der Waals surface area (Å²) in [6, 6.07) is 8.30. The molecule has 2 aromatic rings. The topological polar surface area (TPSA) is 38.0 Å². The third-order valence-electron chi connectivity index (χ3n) is 2.10. The van der Waals surface area contributed by atoms with Crippen LogP contribution in [0.5, 0.6) is 0 Å². The lowest BCUT2D eigenvalue weighted by Gasteiger charge is -2.07. The van der Waals surface area contributed by atoms with Gasteiger partial charge in [-0.3, -0.25) is 0 Å². The molecule has 0 unspecified atom stereocenters. The fraction of sp³-hybridized carbons (Fsp3) is 0.0909. The second-order valence-electron chi connectivity index (χ2n) is 3.29. The molecule has 0 fully saturated rings. The van der Waals surface area contributed by atoms with Gasteiger partial charge in [-0.15, -0.1) is 11.3 Å². The molecule has 0 saturated heterocycles. The quantitative estimate of drug-likeness (QED) is 0.845. The van der Waals surface area contributed by atoms with Crippen molar-refractivity contribution < 1.29 is 4.39 Å². The number of nitrogens with one attached hydrogen (secondary N) is 1. The molecule has 16 heavy (non-hydrogen) atoms. The average molecular weight is 301 g/mol. The van der Waals surface area contributed by atoms with Crippen molar-refractivity contribution in [2.75, 3.05) is 11.1 Å². The molecule has 84 valence electrons. The zero-order chi connectivity index (χ0) is 11.5. The van der Waals surface area contributed by atoms with Crippen molar-refractivity contribution in [2.24, 2.45) is 0 Å². The van der Waals surface area contributed by atoms with Crippen molar-refractivity contribution in [2.45, 2.75) is 6.54 Å². The Hall–Kier alpha value is -1.07. The summed E-state index contributed by atoms with van der Waals surface area (Å²) in [5.41, 5.74) is 6.91. The molecule has 1 aromatic carbocycles. The van der Waals surface area contributed by atoms with E-state index in [0.29, 0.717) is 17.9 Å². The maximum Gasteiger partial charge on any atom is 0.125 e. The van der Waals surface area contributed by atoms with E-state index >= 15 is 0 Å². The standard InChI is InChI=1S/C11H10BrFN2S/c12-11-4-2-8(16-11)6-15-10-5-7(13)1-3-9(10)14/h1-5,15H,6,14H2. The van der Waals surface area contributed by atoms with E-state index < -0.39 is 0 Å². The van der Waals surface area contributed by atoms with Gasteiger partial charge < -0.3 is 11.1 Å². The summed E-state index contributed by atoms with van der Waals surface area (Å²) in [5.74, 6) is -0.288. The molecule has 0 radical (unpaired) electrons. The van der Waals surface area contributed by atoms with Gasteiger partial charge in [0.05, 0.1) is 15.2 Å². The van der Waals surface area contributed by atoms with E-state index in [1.54, 1.807) is 17.4 Å². The number of hydrogen-bond acceptors (Lipinski definition) is 3. The largest absolute Gasteiger partial charge is 0.397 e. The van der Waals surface area contributed by atoms with E-state index in [1.807, 2.05) is 12.1 Å². The van der Waals surface area contributed by atoms with Crippen molar-refractivity contribution in [3.63, 3.8) is 0 Å². The van der Waals surface area contributed by atoms with Crippen LogP contribution < -0.4 is 11.1 Å². The number of nitrogen functional groups attached to an aromatic ring is 1. The number of nitrogens with two attached hydrogens (primary N) is 1. The first kappa shape index (κ1) is 11.4. The summed E-state index contributed by atoms with van der Waals surface area (Å²) in [5, 5.41) is 3.11. The highest BCUT2D eigenvalue weighted by Gasteiger charge is 2.02. The van der Waals surface area contributed by atoms with Crippen molar-refractivity contribution in [3.8, 4) is 0 Å². The van der Waals surface area contributed by atoms with Crippen LogP contribution in [0.1, 0.15) is 4.88 Å². The van der Waals surface area contributed by atoms with Crippen LogP contribution in [0.4, 0.5) is 15.8 Å². The van der Waals surface area contributed by atoms with Crippen molar-refractivity contribution in [1.29, 1.82) is 0 Å². The molecule has 0 aliphatic rings. The van der Waals surface area contributed by atoms with Gasteiger partial charge in [-0.2, -0.15) is 0 Å². The van der Waals surface area contributed by atoms with Crippen LogP contribution in [0.15, 0.2) is 34.1 Å². The van der Waals surface area contributed by atoms with E-state index in [2.05, 4.69) is 21.2 Å². The summed E-state index contributed by atoms with van der Waals surface area (Å²) in [7, 11) is 0. The molecule has 0 atom stereocenters. The predicted octanol–water partition coefficient (Wildman–Crippen LogP) is 3.84. The lowest BCUT2D eigenvalue weighted by molar-refractivity contribution is 0.628. The van der Waals surface area contributed by atoms with Gasteiger partial charge in [-0.1, -0.05) is 0 Å². The SMILES string of the molecule is Nc1ccc(F)cc1NCc1ccc(Br)s1. The van der Waals surface area contributed by atoms with Crippen molar-refractivity contribution in [1.82, 2.24) is 0 Å². The Kier molecular flexibility index (Phi) is 3.46. The molecule has 1 heterocycles. The Bertz CT molecular complexity index is 498. The first-order valence-electron chi connectivity index (χ1n) is 4.68. The van der Waals surface area contributed by atoms with Crippen molar-refractivity contribution in [3.05, 3.63) is 44.8 Å². The van der Waals surface area contributed by atoms with E-state index in [9.17, 15) is 4.39 Å². The molecule has 1 aromatic heterocycles. The molecule has 0 amide bonds. The summed E-state index contributed by atoms with van der Waals surface area (Å²) in [6.45, 7) is 0.643. The summed E-state index contributed by atoms with van der Waals surface area (Å²) >= 11 is 5.03. The van der Waals surface area contributed by atoms with Gasteiger partial charge in [0, 0.05) is 11.4 Å². The highest BCUT2D eigenvalue weighted by Crippen LogP contribution is 2.24. The van der Waals surface area contributed by atoms with Crippen LogP contribution in [0.2, 0.25) is 0 Å². The van der Waals surface area contributed by atoms with Crippen LogP contribution in [0, 0.1) is 5.82 Å². The van der Waals surface area contributed by atoms with Gasteiger partial charge in [0.1, 0.15) is 5.82 Å². The number of thiophene rings is 1. The molecule has 0 saturated carbocycles. The number of anilines is 2. The highest BCUT2D eigenvalue weighted by molar-refractivity contribution is 9.11. The van der Waals surface area contributed by atoms with E-state index in [0.717, 1.165) is 8.66 Å². The minimum absolute atomic E-state index is 0.288. The fourth-order valence-electron chi connectivity index (χ4n) is 1.31. The molecule has 0 spiro atoms. The molecule has 5 heteroatoms. The summed E-state index contributed by atoms with van der Waals surface area (Å²) in [6.07, 6.45) is 0. The Balaban J connectivity index is 2.07. The van der Waals surface area contributed by atoms with Crippen LogP contribution in [-0.4, -0.2) is 0 Å². The zero-order valence-electron chi connectivity index (χ0n) is 8.34. The molecule has 0 aliphatic heterocycles. The third kappa shape index (κ3) is 2.74. The lowest BCUT2D eigenvalue weighted by Crippen LogP contribution is -2.01. The second kappa shape index (κ2) is 4.84. The second-order valence-corrected chi connectivity index (χ2v) is 5.84. The first-order chi connectivity index (χ1) is 7.65. The van der Waals surface area contributed by atoms with Crippen LogP contribution >= 0.6 is 27.3 Å². The zero-order valence-corrected chi connectivity index (χ0v) is 10.7. The molecule has 3 N–H and O–H groups in total. The molecule has 0 bridgehead atoms. The molecule has 2 rings (SSSR count). The normalized spacial score (nSPS) is 10.4. The van der Waals surface area contributed by atoms with Gasteiger partial charge >= 0.3 is 0 Å². The van der Waals surface area contributed by atoms with Gasteiger partial charge in [-0.05, 0) is 46.3 Å². The van der Waals surface area contributed by atoms with Gasteiger partial charge in [0.2, 0.25) is 0 Å². The first-order valence-corrected chi connectivity index (χ1v) is 6.29. The van der Waals surface area contributed by atoms with Crippen LogP contribution in [0.25, 0.3) is 0 Å². The monoisotopic (exact) mass is 300 g/mol. The minimum atomic E-state index is -0.288. The maximum atomic E-state index is 13.0. The maximum absolute atomic E-state index is 13.0. The predicted molar refractivity (Wildman–Crippen MR) is 70.2 cm³/mol. The highest BCUT2D eigenvalue weighted by atomic mass is 79.9. The van der Waals surface area contributed by atoms with Gasteiger partial charge in [0.15, 0.2) is 0 Å². The Morgan fingerprint density at radius 1 is 1.31 bits per heavy atom. The molecule has 2 nitrogen and oxygen atoms in total. The summed E-state index contributed by atoms with van der Waals surface area (Å²) < 4.78 is 14.1.